The molecule has 5 nitrogen and oxygen atoms in total. The van der Waals surface area contributed by atoms with E-state index in [9.17, 15) is 0 Å². The van der Waals surface area contributed by atoms with Crippen LogP contribution in [0.15, 0.2) is 84.0 Å². The smallest absolute Gasteiger partial charge is 0.242 e. The Bertz CT molecular complexity index is 876. The predicted octanol–water partition coefficient (Wildman–Crippen LogP) is 3.40. The molecule has 0 amide bonds. The molecule has 0 saturated carbocycles. The molecule has 0 fully saturated rings. The molecule has 3 N–H and O–H groups in total. The minimum Gasteiger partial charge on any atom is -0.398 e. The van der Waals surface area contributed by atoms with Gasteiger partial charge >= 0.3 is 0 Å². The zero-order chi connectivity index (χ0) is 16.8. The van der Waals surface area contributed by atoms with Crippen LogP contribution in [0, 0.1) is 5.41 Å². The molecule has 1 heterocycles. The fourth-order valence-corrected chi connectivity index (χ4v) is 2.18. The predicted molar refractivity (Wildman–Crippen MR) is 97.9 cm³/mol. The summed E-state index contributed by atoms with van der Waals surface area (Å²) < 4.78 is 1.42. The average Bonchev–Trinajstić information content (AvgIpc) is 3.13. The van der Waals surface area contributed by atoms with Gasteiger partial charge in [0, 0.05) is 23.7 Å². The topological polar surface area (TPSA) is 80.0 Å². The standard InChI is InChI=1S/C19H17N5/c20-17(15-7-3-1-4-8-15)11-13-22-19(21)24-14-12-18(23-24)16-9-5-2-6-10-16/h1-14,21H,20H2/b17-11-,21-19?,22-13+. The van der Waals surface area contributed by atoms with E-state index in [0.29, 0.717) is 5.70 Å². The third-order valence-electron chi connectivity index (χ3n) is 3.43. The molecule has 3 rings (SSSR count). The van der Waals surface area contributed by atoms with Crippen LogP contribution in [0.25, 0.3) is 17.0 Å². The highest BCUT2D eigenvalue weighted by Crippen LogP contribution is 2.15. The summed E-state index contributed by atoms with van der Waals surface area (Å²) in [7, 11) is 0. The van der Waals surface area contributed by atoms with E-state index in [1.807, 2.05) is 66.7 Å². The van der Waals surface area contributed by atoms with E-state index in [4.69, 9.17) is 11.1 Å². The molecule has 0 saturated heterocycles. The molecule has 0 atom stereocenters. The highest BCUT2D eigenvalue weighted by Gasteiger charge is 2.04. The van der Waals surface area contributed by atoms with Gasteiger partial charge in [-0.05, 0) is 17.7 Å². The number of nitrogens with two attached hydrogens (primary N) is 1. The van der Waals surface area contributed by atoms with Gasteiger partial charge in [0.1, 0.15) is 0 Å². The summed E-state index contributed by atoms with van der Waals surface area (Å²) >= 11 is 0. The van der Waals surface area contributed by atoms with Crippen molar-refractivity contribution in [1.82, 2.24) is 9.78 Å². The molecule has 0 aliphatic heterocycles. The van der Waals surface area contributed by atoms with Crippen molar-refractivity contribution >= 4 is 17.9 Å². The van der Waals surface area contributed by atoms with E-state index in [1.54, 1.807) is 12.3 Å². The van der Waals surface area contributed by atoms with Crippen LogP contribution in [0.3, 0.4) is 0 Å². The SMILES string of the molecule is N=C(/N=C/C=C(\N)c1ccccc1)n1ccc(-c2ccccc2)n1. The fraction of sp³-hybridized carbons (Fsp3) is 0. The molecular formula is C19H17N5. The van der Waals surface area contributed by atoms with Crippen LogP contribution in [0.4, 0.5) is 0 Å². The summed E-state index contributed by atoms with van der Waals surface area (Å²) in [6.45, 7) is 0. The molecule has 2 aromatic carbocycles. The van der Waals surface area contributed by atoms with E-state index in [1.165, 1.54) is 10.9 Å². The van der Waals surface area contributed by atoms with Crippen molar-refractivity contribution in [1.29, 1.82) is 5.41 Å². The quantitative estimate of drug-likeness (QED) is 0.574. The zero-order valence-electron chi connectivity index (χ0n) is 13.0. The van der Waals surface area contributed by atoms with Crippen LogP contribution in [-0.4, -0.2) is 22.0 Å². The van der Waals surface area contributed by atoms with Gasteiger partial charge in [-0.2, -0.15) is 5.10 Å². The van der Waals surface area contributed by atoms with Crippen LogP contribution in [0.1, 0.15) is 5.56 Å². The van der Waals surface area contributed by atoms with Crippen LogP contribution >= 0.6 is 0 Å². The highest BCUT2D eigenvalue weighted by atomic mass is 15.3. The van der Waals surface area contributed by atoms with Crippen LogP contribution in [-0.2, 0) is 0 Å². The van der Waals surface area contributed by atoms with Crippen molar-refractivity contribution in [2.75, 3.05) is 0 Å². The Morgan fingerprint density at radius 3 is 2.38 bits per heavy atom. The maximum Gasteiger partial charge on any atom is 0.242 e. The van der Waals surface area contributed by atoms with Gasteiger partial charge in [-0.15, -0.1) is 0 Å². The number of nitrogens with zero attached hydrogens (tertiary/aromatic N) is 3. The van der Waals surface area contributed by atoms with E-state index < -0.39 is 0 Å². The number of aliphatic imine (C=N–C) groups is 1. The van der Waals surface area contributed by atoms with Crippen LogP contribution in [0.5, 0.6) is 0 Å². The van der Waals surface area contributed by atoms with Gasteiger partial charge in [-0.1, -0.05) is 60.7 Å². The summed E-state index contributed by atoms with van der Waals surface area (Å²) in [6.07, 6.45) is 4.90. The lowest BCUT2D eigenvalue weighted by molar-refractivity contribution is 0.916. The second kappa shape index (κ2) is 7.19. The van der Waals surface area contributed by atoms with Crippen molar-refractivity contribution in [2.24, 2.45) is 10.7 Å². The molecule has 0 unspecified atom stereocenters. The number of hydrogen-bond donors (Lipinski definition) is 2. The van der Waals surface area contributed by atoms with E-state index in [2.05, 4.69) is 10.1 Å². The lowest BCUT2D eigenvalue weighted by atomic mass is 10.1. The molecule has 0 spiro atoms. The minimum atomic E-state index is 0.0225. The molecule has 0 bridgehead atoms. The molecule has 5 heteroatoms. The average molecular weight is 315 g/mol. The number of aromatic nitrogens is 2. The first-order chi connectivity index (χ1) is 11.7. The number of nitrogens with one attached hydrogen (secondary N) is 1. The Morgan fingerprint density at radius 2 is 1.67 bits per heavy atom. The van der Waals surface area contributed by atoms with Gasteiger partial charge in [0.05, 0.1) is 5.69 Å². The number of hydrogen-bond acceptors (Lipinski definition) is 3. The Hall–Kier alpha value is -3.47. The first-order valence-corrected chi connectivity index (χ1v) is 7.49. The molecule has 118 valence electrons. The van der Waals surface area contributed by atoms with Crippen molar-refractivity contribution < 1.29 is 0 Å². The molecular weight excluding hydrogens is 298 g/mol. The van der Waals surface area contributed by atoms with Gasteiger partial charge < -0.3 is 5.73 Å². The molecule has 0 aliphatic carbocycles. The summed E-state index contributed by atoms with van der Waals surface area (Å²) in [5.74, 6) is 0.0225. The van der Waals surface area contributed by atoms with E-state index in [-0.39, 0.29) is 5.96 Å². The number of rotatable bonds is 3. The largest absolute Gasteiger partial charge is 0.398 e. The Morgan fingerprint density at radius 1 is 1.00 bits per heavy atom. The van der Waals surface area contributed by atoms with Crippen LogP contribution < -0.4 is 5.73 Å². The first kappa shape index (κ1) is 15.4. The monoisotopic (exact) mass is 315 g/mol. The summed E-state index contributed by atoms with van der Waals surface area (Å²) in [4.78, 5) is 4.07. The normalized spacial score (nSPS) is 11.8. The summed E-state index contributed by atoms with van der Waals surface area (Å²) in [5, 5.41) is 12.3. The Labute approximate surface area is 140 Å². The molecule has 0 aliphatic rings. The molecule has 1 aromatic heterocycles. The highest BCUT2D eigenvalue weighted by molar-refractivity contribution is 5.93. The summed E-state index contributed by atoms with van der Waals surface area (Å²) in [5.41, 5.74) is 9.29. The van der Waals surface area contributed by atoms with E-state index >= 15 is 0 Å². The number of benzene rings is 2. The van der Waals surface area contributed by atoms with Crippen molar-refractivity contribution in [3.05, 3.63) is 84.6 Å². The third-order valence-corrected chi connectivity index (χ3v) is 3.43. The minimum absolute atomic E-state index is 0.0225. The van der Waals surface area contributed by atoms with Gasteiger partial charge in [0.25, 0.3) is 0 Å². The van der Waals surface area contributed by atoms with E-state index in [0.717, 1.165) is 16.8 Å². The van der Waals surface area contributed by atoms with Crippen molar-refractivity contribution in [3.8, 4) is 11.3 Å². The lowest BCUT2D eigenvalue weighted by Gasteiger charge is -1.99. The second-order valence-corrected chi connectivity index (χ2v) is 5.10. The van der Waals surface area contributed by atoms with Gasteiger partial charge in [0.15, 0.2) is 0 Å². The Balaban J connectivity index is 1.70. The van der Waals surface area contributed by atoms with Crippen LogP contribution in [0.2, 0.25) is 0 Å². The fourth-order valence-electron chi connectivity index (χ4n) is 2.18. The molecule has 3 aromatic rings. The van der Waals surface area contributed by atoms with Gasteiger partial charge in [-0.3, -0.25) is 5.41 Å². The maximum atomic E-state index is 7.99. The molecule has 24 heavy (non-hydrogen) atoms. The first-order valence-electron chi connectivity index (χ1n) is 7.49. The Kier molecular flexibility index (Phi) is 4.62. The second-order valence-electron chi connectivity index (χ2n) is 5.10. The number of allylic oxidation sites excluding steroid dienone is 1. The molecule has 0 radical (unpaired) electrons. The van der Waals surface area contributed by atoms with Crippen molar-refractivity contribution in [3.63, 3.8) is 0 Å². The zero-order valence-corrected chi connectivity index (χ0v) is 13.0. The van der Waals surface area contributed by atoms with Crippen molar-refractivity contribution in [2.45, 2.75) is 0 Å². The van der Waals surface area contributed by atoms with Gasteiger partial charge in [-0.25, -0.2) is 9.67 Å². The maximum absolute atomic E-state index is 7.99. The lowest BCUT2D eigenvalue weighted by Crippen LogP contribution is -2.08. The third kappa shape index (κ3) is 3.64. The summed E-state index contributed by atoms with van der Waals surface area (Å²) in [6, 6.07) is 21.3. The van der Waals surface area contributed by atoms with Gasteiger partial charge in [0.2, 0.25) is 5.96 Å².